The number of fused-ring (bicyclic) bond motifs is 1. The Morgan fingerprint density at radius 2 is 1.74 bits per heavy atom. The summed E-state index contributed by atoms with van der Waals surface area (Å²) in [5.41, 5.74) is 2.11. The molecule has 2 aromatic carbocycles. The highest BCUT2D eigenvalue weighted by Crippen LogP contribution is 2.40. The van der Waals surface area contributed by atoms with E-state index in [1.54, 1.807) is 24.3 Å². The van der Waals surface area contributed by atoms with Crippen molar-refractivity contribution >= 4 is 21.9 Å². The van der Waals surface area contributed by atoms with Crippen molar-refractivity contribution in [2.45, 2.75) is 0 Å². The van der Waals surface area contributed by atoms with Crippen molar-refractivity contribution in [1.82, 2.24) is 0 Å². The van der Waals surface area contributed by atoms with Crippen LogP contribution in [0.1, 0.15) is 10.4 Å². The fraction of sp³-hybridized carbons (Fsp3) is 0.0714. The maximum absolute atomic E-state index is 10.8. The Bertz CT molecular complexity index is 649. The first-order valence-electron chi connectivity index (χ1n) is 5.58. The predicted molar refractivity (Wildman–Crippen MR) is 72.7 cm³/mol. The van der Waals surface area contributed by atoms with Crippen LogP contribution in [-0.4, -0.2) is 17.9 Å². The molecule has 0 aliphatic carbocycles. The lowest BCUT2D eigenvalue weighted by Crippen LogP contribution is -1.95. The molecule has 0 unspecified atom stereocenters. The molecule has 1 N–H and O–H groups in total. The molecular weight excluding hydrogens is 312 g/mol. The maximum atomic E-state index is 10.8. The molecule has 0 saturated heterocycles. The summed E-state index contributed by atoms with van der Waals surface area (Å²) in [6.45, 7) is 0.225. The summed E-state index contributed by atoms with van der Waals surface area (Å²) in [5, 5.41) is 8.88. The predicted octanol–water partition coefficient (Wildman–Crippen LogP) is 3.54. The van der Waals surface area contributed by atoms with Crippen LogP contribution in [0.5, 0.6) is 11.5 Å². The van der Waals surface area contributed by atoms with Gasteiger partial charge in [0.15, 0.2) is 11.5 Å². The summed E-state index contributed by atoms with van der Waals surface area (Å²) in [6.07, 6.45) is 0. The molecule has 2 aromatic rings. The highest BCUT2D eigenvalue weighted by Gasteiger charge is 2.17. The van der Waals surface area contributed by atoms with Crippen LogP contribution in [0.2, 0.25) is 0 Å². The Kier molecular flexibility index (Phi) is 2.91. The third-order valence-corrected chi connectivity index (χ3v) is 3.56. The number of carboxylic acid groups (broad SMARTS) is 1. The van der Waals surface area contributed by atoms with E-state index < -0.39 is 5.97 Å². The number of benzene rings is 2. The second-order valence-electron chi connectivity index (χ2n) is 4.07. The fourth-order valence-electron chi connectivity index (χ4n) is 1.93. The summed E-state index contributed by atoms with van der Waals surface area (Å²) in [4.78, 5) is 10.8. The van der Waals surface area contributed by atoms with E-state index in [-0.39, 0.29) is 12.4 Å². The van der Waals surface area contributed by atoms with Crippen molar-refractivity contribution in [2.24, 2.45) is 0 Å². The maximum Gasteiger partial charge on any atom is 0.335 e. The van der Waals surface area contributed by atoms with Gasteiger partial charge in [0.2, 0.25) is 6.79 Å². The first-order chi connectivity index (χ1) is 9.15. The van der Waals surface area contributed by atoms with Crippen LogP contribution >= 0.6 is 15.9 Å². The zero-order valence-corrected chi connectivity index (χ0v) is 11.3. The van der Waals surface area contributed by atoms with Crippen LogP contribution in [-0.2, 0) is 0 Å². The van der Waals surface area contributed by atoms with Gasteiger partial charge in [-0.3, -0.25) is 0 Å². The minimum absolute atomic E-state index is 0.225. The third kappa shape index (κ3) is 2.17. The van der Waals surface area contributed by atoms with Gasteiger partial charge in [-0.05, 0) is 35.4 Å². The molecule has 0 fully saturated rings. The van der Waals surface area contributed by atoms with Gasteiger partial charge in [0.25, 0.3) is 0 Å². The second-order valence-corrected chi connectivity index (χ2v) is 4.92. The van der Waals surface area contributed by atoms with Gasteiger partial charge < -0.3 is 14.6 Å². The highest BCUT2D eigenvalue weighted by molar-refractivity contribution is 9.10. The van der Waals surface area contributed by atoms with Crippen LogP contribution in [0.3, 0.4) is 0 Å². The van der Waals surface area contributed by atoms with Gasteiger partial charge in [-0.1, -0.05) is 28.1 Å². The molecule has 96 valence electrons. The molecule has 0 spiro atoms. The molecule has 1 aliphatic rings. The quantitative estimate of drug-likeness (QED) is 0.919. The van der Waals surface area contributed by atoms with E-state index in [1.165, 1.54) is 0 Å². The number of carbonyl (C=O) groups is 1. The van der Waals surface area contributed by atoms with Gasteiger partial charge in [0.05, 0.1) is 5.56 Å². The fourth-order valence-corrected chi connectivity index (χ4v) is 2.48. The van der Waals surface area contributed by atoms with Crippen molar-refractivity contribution < 1.29 is 19.4 Å². The van der Waals surface area contributed by atoms with E-state index in [1.807, 2.05) is 12.1 Å². The van der Waals surface area contributed by atoms with Crippen LogP contribution < -0.4 is 9.47 Å². The number of hydrogen-bond acceptors (Lipinski definition) is 3. The minimum Gasteiger partial charge on any atom is -0.478 e. The molecule has 0 atom stereocenters. The Balaban J connectivity index is 2.04. The largest absolute Gasteiger partial charge is 0.478 e. The van der Waals surface area contributed by atoms with Crippen molar-refractivity contribution in [2.75, 3.05) is 6.79 Å². The van der Waals surface area contributed by atoms with Gasteiger partial charge in [0, 0.05) is 4.47 Å². The van der Waals surface area contributed by atoms with E-state index in [2.05, 4.69) is 15.9 Å². The van der Waals surface area contributed by atoms with Crippen LogP contribution in [0.15, 0.2) is 40.9 Å². The van der Waals surface area contributed by atoms with Gasteiger partial charge in [-0.25, -0.2) is 4.79 Å². The Labute approximate surface area is 117 Å². The lowest BCUT2D eigenvalue weighted by molar-refractivity contribution is 0.0697. The van der Waals surface area contributed by atoms with Gasteiger partial charge in [-0.2, -0.15) is 0 Å². The number of aromatic carboxylic acids is 1. The Morgan fingerprint density at radius 1 is 1.11 bits per heavy atom. The third-order valence-electron chi connectivity index (χ3n) is 2.91. The molecule has 19 heavy (non-hydrogen) atoms. The monoisotopic (exact) mass is 320 g/mol. The number of ether oxygens (including phenoxy) is 2. The minimum atomic E-state index is -0.934. The van der Waals surface area contributed by atoms with Crippen LogP contribution in [0.25, 0.3) is 11.1 Å². The van der Waals surface area contributed by atoms with E-state index in [9.17, 15) is 4.79 Å². The molecule has 5 heteroatoms. The number of rotatable bonds is 2. The highest BCUT2D eigenvalue weighted by atomic mass is 79.9. The molecule has 1 aliphatic heterocycles. The molecule has 3 rings (SSSR count). The molecule has 0 radical (unpaired) electrons. The smallest absolute Gasteiger partial charge is 0.335 e. The summed E-state index contributed by atoms with van der Waals surface area (Å²) < 4.78 is 11.5. The molecular formula is C14H9BrO4. The molecule has 0 aromatic heterocycles. The summed E-state index contributed by atoms with van der Waals surface area (Å²) in [5.74, 6) is 0.467. The average Bonchev–Trinajstić information content (AvgIpc) is 2.85. The second kappa shape index (κ2) is 4.59. The van der Waals surface area contributed by atoms with Crippen molar-refractivity contribution in [1.29, 1.82) is 0 Å². The molecule has 0 amide bonds. The molecule has 1 heterocycles. The van der Waals surface area contributed by atoms with Crippen molar-refractivity contribution in [3.05, 3.63) is 46.4 Å². The van der Waals surface area contributed by atoms with Crippen LogP contribution in [0, 0.1) is 0 Å². The van der Waals surface area contributed by atoms with E-state index in [0.717, 1.165) is 15.6 Å². The number of hydrogen-bond donors (Lipinski definition) is 1. The van der Waals surface area contributed by atoms with E-state index in [4.69, 9.17) is 14.6 Å². The lowest BCUT2D eigenvalue weighted by atomic mass is 10.0. The van der Waals surface area contributed by atoms with Gasteiger partial charge in [-0.15, -0.1) is 0 Å². The normalized spacial score (nSPS) is 12.5. The molecule has 0 saturated carbocycles. The summed E-state index contributed by atoms with van der Waals surface area (Å²) in [6, 6.07) is 10.4. The SMILES string of the molecule is O=C(O)c1ccc(-c2cc3c(cc2Br)OCO3)cc1. The van der Waals surface area contributed by atoms with Crippen LogP contribution in [0.4, 0.5) is 0 Å². The zero-order chi connectivity index (χ0) is 13.4. The lowest BCUT2D eigenvalue weighted by Gasteiger charge is -2.07. The Hall–Kier alpha value is -2.01. The summed E-state index contributed by atoms with van der Waals surface area (Å²) >= 11 is 3.48. The first kappa shape index (κ1) is 12.0. The van der Waals surface area contributed by atoms with Gasteiger partial charge in [0.1, 0.15) is 0 Å². The van der Waals surface area contributed by atoms with E-state index >= 15 is 0 Å². The summed E-state index contributed by atoms with van der Waals surface area (Å²) in [7, 11) is 0. The number of halogens is 1. The first-order valence-corrected chi connectivity index (χ1v) is 6.37. The standard InChI is InChI=1S/C14H9BrO4/c15-11-6-13-12(18-7-19-13)5-10(11)8-1-3-9(4-2-8)14(16)17/h1-6H,7H2,(H,16,17). The number of carboxylic acids is 1. The average molecular weight is 321 g/mol. The van der Waals surface area contributed by atoms with Crippen molar-refractivity contribution in [3.63, 3.8) is 0 Å². The molecule has 4 nitrogen and oxygen atoms in total. The molecule has 0 bridgehead atoms. The van der Waals surface area contributed by atoms with Gasteiger partial charge >= 0.3 is 5.97 Å². The topological polar surface area (TPSA) is 55.8 Å². The van der Waals surface area contributed by atoms with Crippen molar-refractivity contribution in [3.8, 4) is 22.6 Å². The van der Waals surface area contributed by atoms with E-state index in [0.29, 0.717) is 11.5 Å². The zero-order valence-electron chi connectivity index (χ0n) is 9.72. The Morgan fingerprint density at radius 3 is 2.37 bits per heavy atom.